The molecular weight excluding hydrogens is 242 g/mol. The van der Waals surface area contributed by atoms with Gasteiger partial charge in [-0.3, -0.25) is 14.7 Å². The van der Waals surface area contributed by atoms with Crippen LogP contribution in [0.15, 0.2) is 4.99 Å². The third kappa shape index (κ3) is 6.42. The molecule has 6 heteroatoms. The minimum absolute atomic E-state index is 0.171. The van der Waals surface area contributed by atoms with Gasteiger partial charge in [-0.2, -0.15) is 0 Å². The highest BCUT2D eigenvalue weighted by Gasteiger charge is 2.17. The Morgan fingerprint density at radius 1 is 1.32 bits per heavy atom. The molecular formula is C13H27N5O. The van der Waals surface area contributed by atoms with Crippen molar-refractivity contribution < 1.29 is 4.79 Å². The topological polar surface area (TPSA) is 74.0 Å². The van der Waals surface area contributed by atoms with Crippen molar-refractivity contribution in [2.24, 2.45) is 10.7 Å². The Labute approximate surface area is 116 Å². The van der Waals surface area contributed by atoms with Crippen molar-refractivity contribution >= 4 is 11.9 Å². The van der Waals surface area contributed by atoms with Crippen molar-refractivity contribution in [3.05, 3.63) is 0 Å². The van der Waals surface area contributed by atoms with Crippen molar-refractivity contribution in [2.45, 2.75) is 26.7 Å². The SMILES string of the molecule is CCCCN=C(N)NCCN1CCN(C(C)=O)CC1. The predicted octanol–water partition coefficient (Wildman–Crippen LogP) is -0.145. The number of aliphatic imine (C=N–C) groups is 1. The van der Waals surface area contributed by atoms with Gasteiger partial charge in [0, 0.05) is 52.7 Å². The number of carbonyl (C=O) groups is 1. The van der Waals surface area contributed by atoms with Crippen LogP contribution in [0.5, 0.6) is 0 Å². The lowest BCUT2D eigenvalue weighted by molar-refractivity contribution is -0.130. The molecule has 1 aliphatic heterocycles. The van der Waals surface area contributed by atoms with Gasteiger partial charge in [0.1, 0.15) is 0 Å². The van der Waals surface area contributed by atoms with Crippen LogP contribution in [-0.4, -0.2) is 67.5 Å². The summed E-state index contributed by atoms with van der Waals surface area (Å²) >= 11 is 0. The number of unbranched alkanes of at least 4 members (excludes halogenated alkanes) is 1. The fraction of sp³-hybridized carbons (Fsp3) is 0.846. The molecule has 19 heavy (non-hydrogen) atoms. The molecule has 0 atom stereocenters. The standard InChI is InChI=1S/C13H27N5O/c1-3-4-5-15-13(14)16-6-7-17-8-10-18(11-9-17)12(2)19/h3-11H2,1-2H3,(H3,14,15,16). The molecule has 1 fully saturated rings. The van der Waals surface area contributed by atoms with Gasteiger partial charge in [-0.15, -0.1) is 0 Å². The van der Waals surface area contributed by atoms with Crippen LogP contribution in [0.2, 0.25) is 0 Å². The van der Waals surface area contributed by atoms with E-state index in [1.807, 2.05) is 4.90 Å². The Balaban J connectivity index is 2.10. The lowest BCUT2D eigenvalue weighted by atomic mass is 10.3. The number of rotatable bonds is 6. The highest BCUT2D eigenvalue weighted by atomic mass is 16.2. The quantitative estimate of drug-likeness (QED) is 0.400. The van der Waals surface area contributed by atoms with E-state index in [-0.39, 0.29) is 5.91 Å². The van der Waals surface area contributed by atoms with Crippen molar-refractivity contribution in [3.63, 3.8) is 0 Å². The molecule has 0 radical (unpaired) electrons. The van der Waals surface area contributed by atoms with E-state index in [1.165, 1.54) is 0 Å². The maximum atomic E-state index is 11.2. The number of piperazine rings is 1. The number of hydrogen-bond donors (Lipinski definition) is 2. The van der Waals surface area contributed by atoms with Gasteiger partial charge in [-0.1, -0.05) is 13.3 Å². The fourth-order valence-corrected chi connectivity index (χ4v) is 2.04. The van der Waals surface area contributed by atoms with Crippen molar-refractivity contribution in [2.75, 3.05) is 45.8 Å². The zero-order valence-corrected chi connectivity index (χ0v) is 12.2. The van der Waals surface area contributed by atoms with Crippen LogP contribution in [0.4, 0.5) is 0 Å². The number of nitrogens with one attached hydrogen (secondary N) is 1. The second-order valence-corrected chi connectivity index (χ2v) is 4.89. The molecule has 6 nitrogen and oxygen atoms in total. The maximum absolute atomic E-state index is 11.2. The molecule has 1 aliphatic rings. The summed E-state index contributed by atoms with van der Waals surface area (Å²) in [6.07, 6.45) is 2.21. The summed E-state index contributed by atoms with van der Waals surface area (Å²) in [5.74, 6) is 0.709. The Hall–Kier alpha value is -1.30. The molecule has 0 spiro atoms. The zero-order chi connectivity index (χ0) is 14.1. The van der Waals surface area contributed by atoms with Gasteiger partial charge in [0.15, 0.2) is 5.96 Å². The first kappa shape index (κ1) is 15.8. The molecule has 0 aromatic rings. The molecule has 1 amide bonds. The Morgan fingerprint density at radius 3 is 2.58 bits per heavy atom. The average Bonchev–Trinajstić information content (AvgIpc) is 2.39. The lowest BCUT2D eigenvalue weighted by Crippen LogP contribution is -2.50. The van der Waals surface area contributed by atoms with Crippen LogP contribution in [0.3, 0.4) is 0 Å². The number of carbonyl (C=O) groups excluding carboxylic acids is 1. The monoisotopic (exact) mass is 269 g/mol. The van der Waals surface area contributed by atoms with Crippen LogP contribution in [-0.2, 0) is 4.79 Å². The van der Waals surface area contributed by atoms with E-state index in [0.29, 0.717) is 5.96 Å². The second kappa shape index (κ2) is 8.74. The van der Waals surface area contributed by atoms with E-state index in [0.717, 1.165) is 58.7 Å². The maximum Gasteiger partial charge on any atom is 0.219 e. The first-order chi connectivity index (χ1) is 9.13. The Kier molecular flexibility index (Phi) is 7.25. The molecule has 0 unspecified atom stereocenters. The van der Waals surface area contributed by atoms with Crippen LogP contribution in [0.1, 0.15) is 26.7 Å². The largest absolute Gasteiger partial charge is 0.370 e. The predicted molar refractivity (Wildman–Crippen MR) is 78.1 cm³/mol. The molecule has 0 aromatic carbocycles. The van der Waals surface area contributed by atoms with Gasteiger partial charge >= 0.3 is 0 Å². The summed E-state index contributed by atoms with van der Waals surface area (Å²) in [6.45, 7) is 9.85. The summed E-state index contributed by atoms with van der Waals surface area (Å²) in [4.78, 5) is 19.7. The first-order valence-electron chi connectivity index (χ1n) is 7.15. The summed E-state index contributed by atoms with van der Waals surface area (Å²) in [7, 11) is 0. The third-order valence-corrected chi connectivity index (χ3v) is 3.35. The molecule has 1 saturated heterocycles. The minimum atomic E-state index is 0.171. The normalized spacial score (nSPS) is 17.6. The van der Waals surface area contributed by atoms with Gasteiger partial charge in [-0.05, 0) is 6.42 Å². The van der Waals surface area contributed by atoms with Gasteiger partial charge < -0.3 is 16.0 Å². The zero-order valence-electron chi connectivity index (χ0n) is 12.2. The molecule has 0 saturated carbocycles. The minimum Gasteiger partial charge on any atom is -0.370 e. The molecule has 0 aromatic heterocycles. The highest BCUT2D eigenvalue weighted by molar-refractivity contribution is 5.77. The molecule has 110 valence electrons. The molecule has 3 N–H and O–H groups in total. The number of nitrogens with zero attached hydrogens (tertiary/aromatic N) is 3. The average molecular weight is 269 g/mol. The summed E-state index contributed by atoms with van der Waals surface area (Å²) < 4.78 is 0. The molecule has 1 rings (SSSR count). The Bertz CT molecular complexity index is 297. The summed E-state index contributed by atoms with van der Waals surface area (Å²) in [5.41, 5.74) is 5.76. The van der Waals surface area contributed by atoms with Crippen LogP contribution < -0.4 is 11.1 Å². The van der Waals surface area contributed by atoms with E-state index < -0.39 is 0 Å². The third-order valence-electron chi connectivity index (χ3n) is 3.35. The van der Waals surface area contributed by atoms with Crippen molar-refractivity contribution in [1.29, 1.82) is 0 Å². The van der Waals surface area contributed by atoms with Crippen LogP contribution >= 0.6 is 0 Å². The van der Waals surface area contributed by atoms with E-state index >= 15 is 0 Å². The van der Waals surface area contributed by atoms with E-state index in [1.54, 1.807) is 6.92 Å². The van der Waals surface area contributed by atoms with Gasteiger partial charge in [-0.25, -0.2) is 0 Å². The number of amides is 1. The Morgan fingerprint density at radius 2 is 2.00 bits per heavy atom. The lowest BCUT2D eigenvalue weighted by Gasteiger charge is -2.34. The fourth-order valence-electron chi connectivity index (χ4n) is 2.04. The summed E-state index contributed by atoms with van der Waals surface area (Å²) in [5, 5.41) is 3.13. The first-order valence-corrected chi connectivity index (χ1v) is 7.15. The second-order valence-electron chi connectivity index (χ2n) is 4.89. The van der Waals surface area contributed by atoms with Gasteiger partial charge in [0.25, 0.3) is 0 Å². The van der Waals surface area contributed by atoms with Crippen molar-refractivity contribution in [3.8, 4) is 0 Å². The van der Waals surface area contributed by atoms with E-state index in [9.17, 15) is 4.79 Å². The summed E-state index contributed by atoms with van der Waals surface area (Å²) in [6, 6.07) is 0. The van der Waals surface area contributed by atoms with Gasteiger partial charge in [0.05, 0.1) is 0 Å². The van der Waals surface area contributed by atoms with Gasteiger partial charge in [0.2, 0.25) is 5.91 Å². The molecule has 1 heterocycles. The smallest absolute Gasteiger partial charge is 0.219 e. The van der Waals surface area contributed by atoms with E-state index in [2.05, 4.69) is 22.1 Å². The van der Waals surface area contributed by atoms with Crippen molar-refractivity contribution in [1.82, 2.24) is 15.1 Å². The number of hydrogen-bond acceptors (Lipinski definition) is 3. The van der Waals surface area contributed by atoms with Crippen LogP contribution in [0.25, 0.3) is 0 Å². The number of nitrogens with two attached hydrogens (primary N) is 1. The number of guanidine groups is 1. The molecule has 0 bridgehead atoms. The van der Waals surface area contributed by atoms with E-state index in [4.69, 9.17) is 5.73 Å². The van der Waals surface area contributed by atoms with Crippen LogP contribution in [0, 0.1) is 0 Å². The molecule has 0 aliphatic carbocycles. The highest BCUT2D eigenvalue weighted by Crippen LogP contribution is 2.00.